The van der Waals surface area contributed by atoms with Crippen molar-refractivity contribution in [3.63, 3.8) is 0 Å². The molecule has 3 N–H and O–H groups in total. The third-order valence-electron chi connectivity index (χ3n) is 6.87. The van der Waals surface area contributed by atoms with Crippen molar-refractivity contribution in [3.05, 3.63) is 23.5 Å². The molecule has 1 aliphatic heterocycles. The van der Waals surface area contributed by atoms with Gasteiger partial charge in [0.05, 0.1) is 24.2 Å². The van der Waals surface area contributed by atoms with Crippen molar-refractivity contribution in [1.82, 2.24) is 0 Å². The summed E-state index contributed by atoms with van der Waals surface area (Å²) in [5.74, 6) is 0.913. The summed E-state index contributed by atoms with van der Waals surface area (Å²) >= 11 is 0. The molecule has 2 aliphatic carbocycles. The average Bonchev–Trinajstić information content (AvgIpc) is 2.67. The Morgan fingerprint density at radius 1 is 1.27 bits per heavy atom. The highest BCUT2D eigenvalue weighted by Crippen LogP contribution is 2.45. The Balaban J connectivity index is 0.000000396. The number of hydrogen-bond donors (Lipinski definition) is 3. The first-order chi connectivity index (χ1) is 14.1. The third-order valence-corrected chi connectivity index (χ3v) is 6.87. The number of aliphatic hydroxyl groups is 2. The van der Waals surface area contributed by atoms with Crippen LogP contribution in [0.4, 0.5) is 0 Å². The van der Waals surface area contributed by atoms with Crippen molar-refractivity contribution in [1.29, 1.82) is 0 Å². The molecule has 1 heterocycles. The molecule has 0 aromatic rings. The number of fused-ring (bicyclic) bond motifs is 1. The van der Waals surface area contributed by atoms with Crippen LogP contribution in [0.3, 0.4) is 0 Å². The number of carboxylic acid groups (broad SMARTS) is 1. The van der Waals surface area contributed by atoms with Gasteiger partial charge in [-0.2, -0.15) is 0 Å². The molecule has 0 saturated carbocycles. The third kappa shape index (κ3) is 6.59. The number of rotatable bonds is 5. The lowest BCUT2D eigenvalue weighted by Gasteiger charge is -2.40. The van der Waals surface area contributed by atoms with Gasteiger partial charge in [0, 0.05) is 12.3 Å². The summed E-state index contributed by atoms with van der Waals surface area (Å²) < 4.78 is 5.37. The number of carbonyl (C=O) groups is 2. The molecule has 6 heteroatoms. The molecule has 6 unspecified atom stereocenters. The van der Waals surface area contributed by atoms with E-state index in [1.807, 2.05) is 13.0 Å². The minimum atomic E-state index is -0.706. The number of hydrogen-bond acceptors (Lipinski definition) is 5. The molecule has 170 valence electrons. The highest BCUT2D eigenvalue weighted by atomic mass is 16.5. The monoisotopic (exact) mass is 422 g/mol. The van der Waals surface area contributed by atoms with Crippen LogP contribution in [0.25, 0.3) is 0 Å². The molecule has 7 atom stereocenters. The number of aliphatic hydroxyl groups excluding tert-OH is 2. The number of allylic oxidation sites excluding steroid dienone is 4. The summed E-state index contributed by atoms with van der Waals surface area (Å²) in [6.07, 6.45) is 8.94. The van der Waals surface area contributed by atoms with Crippen LogP contribution < -0.4 is 0 Å². The number of cyclic esters (lactones) is 1. The SMILES string of the molecule is CC1C=C2C=C(O)C(C)C(CC[C@@H]3CC(O)CC(=O)O3)C2CC1.CCC(C)C(=O)O. The number of aliphatic carboxylic acids is 1. The van der Waals surface area contributed by atoms with E-state index in [0.717, 1.165) is 19.3 Å². The lowest BCUT2D eigenvalue weighted by Crippen LogP contribution is -2.35. The van der Waals surface area contributed by atoms with Gasteiger partial charge in [0.15, 0.2) is 0 Å². The van der Waals surface area contributed by atoms with Crippen LogP contribution in [0.2, 0.25) is 0 Å². The van der Waals surface area contributed by atoms with Gasteiger partial charge in [-0.05, 0) is 61.5 Å². The fourth-order valence-electron chi connectivity index (χ4n) is 4.67. The molecular weight excluding hydrogens is 384 g/mol. The average molecular weight is 423 g/mol. The molecule has 1 saturated heterocycles. The van der Waals surface area contributed by atoms with Crippen LogP contribution in [0.1, 0.15) is 72.6 Å². The Hall–Kier alpha value is -1.82. The fourth-order valence-corrected chi connectivity index (χ4v) is 4.67. The van der Waals surface area contributed by atoms with Crippen LogP contribution in [0.5, 0.6) is 0 Å². The Morgan fingerprint density at radius 3 is 2.53 bits per heavy atom. The Labute approximate surface area is 180 Å². The first kappa shape index (κ1) is 24.4. The predicted molar refractivity (Wildman–Crippen MR) is 115 cm³/mol. The van der Waals surface area contributed by atoms with E-state index in [-0.39, 0.29) is 30.3 Å². The van der Waals surface area contributed by atoms with E-state index in [4.69, 9.17) is 9.84 Å². The maximum Gasteiger partial charge on any atom is 0.308 e. The number of esters is 1. The van der Waals surface area contributed by atoms with Gasteiger partial charge >= 0.3 is 11.9 Å². The number of carboxylic acids is 1. The molecule has 0 aromatic carbocycles. The first-order valence-electron chi connectivity index (χ1n) is 11.3. The second kappa shape index (κ2) is 11.0. The van der Waals surface area contributed by atoms with Crippen molar-refractivity contribution < 1.29 is 29.6 Å². The van der Waals surface area contributed by atoms with Crippen LogP contribution in [0.15, 0.2) is 23.5 Å². The van der Waals surface area contributed by atoms with E-state index in [9.17, 15) is 19.8 Å². The molecule has 0 radical (unpaired) electrons. The van der Waals surface area contributed by atoms with Crippen molar-refractivity contribution in [2.75, 3.05) is 0 Å². The van der Waals surface area contributed by atoms with Gasteiger partial charge < -0.3 is 20.1 Å². The van der Waals surface area contributed by atoms with Crippen LogP contribution in [-0.2, 0) is 14.3 Å². The molecule has 0 bridgehead atoms. The molecule has 0 aromatic heterocycles. The minimum Gasteiger partial charge on any atom is -0.512 e. The summed E-state index contributed by atoms with van der Waals surface area (Å²) in [5, 5.41) is 28.2. The quantitative estimate of drug-likeness (QED) is 0.558. The number of carbonyl (C=O) groups excluding carboxylic acids is 1. The topological polar surface area (TPSA) is 104 Å². The summed E-state index contributed by atoms with van der Waals surface area (Å²) in [5.41, 5.74) is 1.28. The second-order valence-corrected chi connectivity index (χ2v) is 9.28. The van der Waals surface area contributed by atoms with Gasteiger partial charge in [-0.1, -0.05) is 33.8 Å². The van der Waals surface area contributed by atoms with Crippen molar-refractivity contribution in [2.45, 2.75) is 84.8 Å². The van der Waals surface area contributed by atoms with Crippen LogP contribution in [-0.4, -0.2) is 39.5 Å². The second-order valence-electron chi connectivity index (χ2n) is 9.28. The fraction of sp³-hybridized carbons (Fsp3) is 0.750. The van der Waals surface area contributed by atoms with Gasteiger partial charge in [0.25, 0.3) is 0 Å². The Kier molecular flexibility index (Phi) is 8.95. The largest absolute Gasteiger partial charge is 0.512 e. The molecule has 3 aliphatic rings. The summed E-state index contributed by atoms with van der Waals surface area (Å²) in [6, 6.07) is 0. The van der Waals surface area contributed by atoms with Crippen LogP contribution >= 0.6 is 0 Å². The van der Waals surface area contributed by atoms with E-state index in [0.29, 0.717) is 29.9 Å². The normalized spacial score (nSPS) is 34.4. The van der Waals surface area contributed by atoms with E-state index < -0.39 is 12.1 Å². The van der Waals surface area contributed by atoms with Gasteiger partial charge in [-0.25, -0.2) is 0 Å². The van der Waals surface area contributed by atoms with E-state index in [2.05, 4.69) is 19.9 Å². The van der Waals surface area contributed by atoms with E-state index >= 15 is 0 Å². The van der Waals surface area contributed by atoms with Crippen molar-refractivity contribution in [2.24, 2.45) is 29.6 Å². The van der Waals surface area contributed by atoms with Gasteiger partial charge in [-0.15, -0.1) is 0 Å². The summed E-state index contributed by atoms with van der Waals surface area (Å²) in [7, 11) is 0. The maximum absolute atomic E-state index is 11.5. The molecule has 3 rings (SSSR count). The van der Waals surface area contributed by atoms with Crippen LogP contribution in [0, 0.1) is 29.6 Å². The van der Waals surface area contributed by atoms with E-state index in [1.54, 1.807) is 6.92 Å². The predicted octanol–water partition coefficient (Wildman–Crippen LogP) is 4.63. The van der Waals surface area contributed by atoms with E-state index in [1.165, 1.54) is 18.4 Å². The highest BCUT2D eigenvalue weighted by molar-refractivity contribution is 5.71. The lowest BCUT2D eigenvalue weighted by atomic mass is 9.66. The molecule has 30 heavy (non-hydrogen) atoms. The zero-order chi connectivity index (χ0) is 22.4. The van der Waals surface area contributed by atoms with Gasteiger partial charge in [-0.3, -0.25) is 9.59 Å². The molecule has 0 amide bonds. The van der Waals surface area contributed by atoms with Crippen molar-refractivity contribution >= 4 is 11.9 Å². The zero-order valence-electron chi connectivity index (χ0n) is 18.7. The number of ether oxygens (including phenoxy) is 1. The minimum absolute atomic E-state index is 0.118. The van der Waals surface area contributed by atoms with Gasteiger partial charge in [0.1, 0.15) is 6.10 Å². The Morgan fingerprint density at radius 2 is 1.97 bits per heavy atom. The molecular formula is C24H38O6. The Bertz CT molecular complexity index is 667. The molecule has 6 nitrogen and oxygen atoms in total. The smallest absolute Gasteiger partial charge is 0.308 e. The van der Waals surface area contributed by atoms with Crippen molar-refractivity contribution in [3.8, 4) is 0 Å². The zero-order valence-corrected chi connectivity index (χ0v) is 18.7. The highest BCUT2D eigenvalue weighted by Gasteiger charge is 2.37. The standard InChI is InChI=1S/C19H28O4.C5H10O2/c1-11-3-5-17-13(7-11)8-18(21)12(2)16(17)6-4-15-9-14(20)10-19(22)23-15;1-3-4(2)5(6)7/h7-8,11-12,14-17,20-21H,3-6,9-10H2,1-2H3;4H,3H2,1-2H3,(H,6,7)/t11?,12?,14?,15-,16?,17?;/m1./s1. The molecule has 1 fully saturated rings. The van der Waals surface area contributed by atoms with Gasteiger partial charge in [0.2, 0.25) is 0 Å². The maximum atomic E-state index is 11.5. The summed E-state index contributed by atoms with van der Waals surface area (Å²) in [6.45, 7) is 7.87. The lowest BCUT2D eigenvalue weighted by molar-refractivity contribution is -0.160. The summed E-state index contributed by atoms with van der Waals surface area (Å²) in [4.78, 5) is 21.4. The first-order valence-corrected chi connectivity index (χ1v) is 11.3. The molecule has 0 spiro atoms.